The van der Waals surface area contributed by atoms with Crippen LogP contribution in [-0.4, -0.2) is 36.5 Å². The first-order valence-corrected chi connectivity index (χ1v) is 6.92. The van der Waals surface area contributed by atoms with Crippen LogP contribution >= 0.6 is 11.8 Å². The van der Waals surface area contributed by atoms with Gasteiger partial charge < -0.3 is 10.6 Å². The number of amides is 1. The SMILES string of the molecule is CNC(=O)CCN=C1NC2CCCC2CS1. The van der Waals surface area contributed by atoms with Gasteiger partial charge in [0.15, 0.2) is 5.17 Å². The van der Waals surface area contributed by atoms with Crippen LogP contribution in [0.1, 0.15) is 25.7 Å². The minimum Gasteiger partial charge on any atom is -0.362 e. The predicted molar refractivity (Wildman–Crippen MR) is 67.7 cm³/mol. The standard InChI is InChI=1S/C11H19N3OS/c1-12-10(15)5-6-13-11-14-9-4-2-3-8(9)7-16-11/h8-9H,2-7H2,1H3,(H,12,15)(H,13,14). The molecule has 1 saturated heterocycles. The Morgan fingerprint density at radius 3 is 3.31 bits per heavy atom. The molecule has 2 rings (SSSR count). The number of hydrogen-bond acceptors (Lipinski definition) is 3. The summed E-state index contributed by atoms with van der Waals surface area (Å²) >= 11 is 1.81. The highest BCUT2D eigenvalue weighted by molar-refractivity contribution is 8.13. The lowest BCUT2D eigenvalue weighted by Gasteiger charge is -2.27. The largest absolute Gasteiger partial charge is 0.362 e. The van der Waals surface area contributed by atoms with Gasteiger partial charge in [-0.3, -0.25) is 9.79 Å². The fourth-order valence-corrected chi connectivity index (χ4v) is 3.48. The molecule has 0 radical (unpaired) electrons. The van der Waals surface area contributed by atoms with Crippen molar-refractivity contribution in [2.24, 2.45) is 10.9 Å². The Morgan fingerprint density at radius 1 is 1.62 bits per heavy atom. The highest BCUT2D eigenvalue weighted by Crippen LogP contribution is 2.32. The van der Waals surface area contributed by atoms with Gasteiger partial charge in [0.1, 0.15) is 0 Å². The number of carbonyl (C=O) groups excluding carboxylic acids is 1. The number of aliphatic imine (C=N–C) groups is 1. The van der Waals surface area contributed by atoms with E-state index in [9.17, 15) is 4.79 Å². The van der Waals surface area contributed by atoms with Gasteiger partial charge in [-0.2, -0.15) is 0 Å². The van der Waals surface area contributed by atoms with Crippen LogP contribution in [0, 0.1) is 5.92 Å². The van der Waals surface area contributed by atoms with Crippen LogP contribution in [-0.2, 0) is 4.79 Å². The molecule has 16 heavy (non-hydrogen) atoms. The van der Waals surface area contributed by atoms with E-state index in [2.05, 4.69) is 15.6 Å². The van der Waals surface area contributed by atoms with Crippen molar-refractivity contribution in [2.75, 3.05) is 19.3 Å². The Bertz CT molecular complexity index is 293. The van der Waals surface area contributed by atoms with Crippen molar-refractivity contribution < 1.29 is 4.79 Å². The van der Waals surface area contributed by atoms with E-state index in [-0.39, 0.29) is 5.91 Å². The summed E-state index contributed by atoms with van der Waals surface area (Å²) in [5.41, 5.74) is 0. The molecule has 2 atom stereocenters. The zero-order valence-corrected chi connectivity index (χ0v) is 10.5. The summed E-state index contributed by atoms with van der Waals surface area (Å²) < 4.78 is 0. The molecule has 1 aliphatic carbocycles. The molecular formula is C11H19N3OS. The summed E-state index contributed by atoms with van der Waals surface area (Å²) in [6.07, 6.45) is 4.46. The third-order valence-electron chi connectivity index (χ3n) is 3.28. The van der Waals surface area contributed by atoms with Crippen LogP contribution in [0.15, 0.2) is 4.99 Å². The summed E-state index contributed by atoms with van der Waals surface area (Å²) in [5.74, 6) is 2.09. The first-order chi connectivity index (χ1) is 7.79. The number of amidine groups is 1. The second-order valence-corrected chi connectivity index (χ2v) is 5.37. The maximum absolute atomic E-state index is 11.0. The van der Waals surface area contributed by atoms with Gasteiger partial charge >= 0.3 is 0 Å². The Kier molecular flexibility index (Phi) is 4.09. The van der Waals surface area contributed by atoms with E-state index in [1.807, 2.05) is 0 Å². The maximum atomic E-state index is 11.0. The molecule has 0 bridgehead atoms. The molecule has 90 valence electrons. The summed E-state index contributed by atoms with van der Waals surface area (Å²) in [6.45, 7) is 0.590. The minimum absolute atomic E-state index is 0.0592. The molecule has 0 spiro atoms. The van der Waals surface area contributed by atoms with Crippen LogP contribution in [0.5, 0.6) is 0 Å². The number of carbonyl (C=O) groups is 1. The average Bonchev–Trinajstić information content (AvgIpc) is 2.76. The minimum atomic E-state index is 0.0592. The number of thioether (sulfide) groups is 1. The van der Waals surface area contributed by atoms with Crippen LogP contribution in [0.3, 0.4) is 0 Å². The number of nitrogens with one attached hydrogen (secondary N) is 2. The van der Waals surface area contributed by atoms with Crippen LogP contribution in [0.4, 0.5) is 0 Å². The normalized spacial score (nSPS) is 30.9. The van der Waals surface area contributed by atoms with Gasteiger partial charge in [0.05, 0.1) is 6.54 Å². The smallest absolute Gasteiger partial charge is 0.221 e. The molecule has 2 unspecified atom stereocenters. The van der Waals surface area contributed by atoms with Gasteiger partial charge in [-0.15, -0.1) is 0 Å². The maximum Gasteiger partial charge on any atom is 0.221 e. The molecule has 0 aromatic rings. The molecule has 1 saturated carbocycles. The van der Waals surface area contributed by atoms with E-state index in [4.69, 9.17) is 0 Å². The van der Waals surface area contributed by atoms with Gasteiger partial charge in [-0.1, -0.05) is 18.2 Å². The molecule has 1 amide bonds. The van der Waals surface area contributed by atoms with Crippen molar-refractivity contribution in [1.82, 2.24) is 10.6 Å². The molecule has 5 heteroatoms. The molecule has 0 aromatic carbocycles. The first kappa shape index (κ1) is 11.8. The number of fused-ring (bicyclic) bond motifs is 1. The lowest BCUT2D eigenvalue weighted by Crippen LogP contribution is -2.41. The Morgan fingerprint density at radius 2 is 2.50 bits per heavy atom. The van der Waals surface area contributed by atoms with E-state index >= 15 is 0 Å². The van der Waals surface area contributed by atoms with E-state index < -0.39 is 0 Å². The van der Waals surface area contributed by atoms with Gasteiger partial charge in [0.25, 0.3) is 0 Å². The van der Waals surface area contributed by atoms with Crippen molar-refractivity contribution in [3.05, 3.63) is 0 Å². The number of nitrogens with zero attached hydrogens (tertiary/aromatic N) is 1. The van der Waals surface area contributed by atoms with E-state index in [1.165, 1.54) is 25.0 Å². The fraction of sp³-hybridized carbons (Fsp3) is 0.818. The molecule has 1 heterocycles. The van der Waals surface area contributed by atoms with Crippen molar-refractivity contribution in [3.8, 4) is 0 Å². The molecule has 2 fully saturated rings. The first-order valence-electron chi connectivity index (χ1n) is 5.94. The van der Waals surface area contributed by atoms with Gasteiger partial charge in [-0.25, -0.2) is 0 Å². The highest BCUT2D eigenvalue weighted by Gasteiger charge is 2.31. The van der Waals surface area contributed by atoms with Crippen LogP contribution < -0.4 is 10.6 Å². The van der Waals surface area contributed by atoms with E-state index in [0.29, 0.717) is 19.0 Å². The second kappa shape index (κ2) is 5.57. The third kappa shape index (κ3) is 2.90. The zero-order chi connectivity index (χ0) is 11.4. The van der Waals surface area contributed by atoms with E-state index in [1.54, 1.807) is 18.8 Å². The Hall–Kier alpha value is -0.710. The van der Waals surface area contributed by atoms with Gasteiger partial charge in [0, 0.05) is 25.3 Å². The van der Waals surface area contributed by atoms with Crippen molar-refractivity contribution >= 4 is 22.8 Å². The third-order valence-corrected chi connectivity index (χ3v) is 4.39. The topological polar surface area (TPSA) is 53.5 Å². The van der Waals surface area contributed by atoms with Crippen molar-refractivity contribution in [2.45, 2.75) is 31.7 Å². The monoisotopic (exact) mass is 241 g/mol. The molecule has 2 N–H and O–H groups in total. The fourth-order valence-electron chi connectivity index (χ4n) is 2.29. The van der Waals surface area contributed by atoms with Crippen LogP contribution in [0.25, 0.3) is 0 Å². The summed E-state index contributed by atoms with van der Waals surface area (Å²) in [5, 5.41) is 7.13. The summed E-state index contributed by atoms with van der Waals surface area (Å²) in [6, 6.07) is 0.639. The molecule has 2 aliphatic rings. The lowest BCUT2D eigenvalue weighted by atomic mass is 10.1. The van der Waals surface area contributed by atoms with Gasteiger partial charge in [-0.05, 0) is 18.8 Å². The van der Waals surface area contributed by atoms with Crippen LogP contribution in [0.2, 0.25) is 0 Å². The summed E-state index contributed by atoms with van der Waals surface area (Å²) in [7, 11) is 1.66. The number of hydrogen-bond donors (Lipinski definition) is 2. The predicted octanol–water partition coefficient (Wildman–Crippen LogP) is 0.984. The molecule has 4 nitrogen and oxygen atoms in total. The van der Waals surface area contributed by atoms with Gasteiger partial charge in [0.2, 0.25) is 5.91 Å². The summed E-state index contributed by atoms with van der Waals surface area (Å²) in [4.78, 5) is 15.5. The molecule has 1 aliphatic heterocycles. The van der Waals surface area contributed by atoms with E-state index in [0.717, 1.165) is 11.1 Å². The molecular weight excluding hydrogens is 222 g/mol. The Balaban J connectivity index is 1.77. The average molecular weight is 241 g/mol. The lowest BCUT2D eigenvalue weighted by molar-refractivity contribution is -0.120. The number of rotatable bonds is 3. The van der Waals surface area contributed by atoms with Crippen molar-refractivity contribution in [3.63, 3.8) is 0 Å². The molecule has 0 aromatic heterocycles. The van der Waals surface area contributed by atoms with Crippen molar-refractivity contribution in [1.29, 1.82) is 0 Å². The Labute approximate surface area is 101 Å². The quantitative estimate of drug-likeness (QED) is 0.774. The highest BCUT2D eigenvalue weighted by atomic mass is 32.2. The zero-order valence-electron chi connectivity index (χ0n) is 9.66. The second-order valence-electron chi connectivity index (χ2n) is 4.36.